The molecule has 5 heteroatoms. The van der Waals surface area contributed by atoms with Crippen LogP contribution in [-0.2, 0) is 11.6 Å². The van der Waals surface area contributed by atoms with Gasteiger partial charge in [0.15, 0.2) is 0 Å². The summed E-state index contributed by atoms with van der Waals surface area (Å²) in [6, 6.07) is 1.10. The van der Waals surface area contributed by atoms with Gasteiger partial charge in [0.05, 0.1) is 0 Å². The summed E-state index contributed by atoms with van der Waals surface area (Å²) in [5.74, 6) is 0. The van der Waals surface area contributed by atoms with Crippen LogP contribution in [0.25, 0.3) is 0 Å². The number of alkyl halides is 3. The lowest BCUT2D eigenvalue weighted by Gasteiger charge is -2.26. The van der Waals surface area contributed by atoms with Gasteiger partial charge in [0.1, 0.15) is 5.69 Å². The van der Waals surface area contributed by atoms with E-state index in [1.165, 1.54) is 6.20 Å². The van der Waals surface area contributed by atoms with Crippen molar-refractivity contribution in [1.82, 2.24) is 4.98 Å². The highest BCUT2D eigenvalue weighted by atomic mass is 19.4. The molecule has 0 fully saturated rings. The van der Waals surface area contributed by atoms with Gasteiger partial charge in [-0.2, -0.15) is 13.2 Å². The molecule has 2 nitrogen and oxygen atoms in total. The van der Waals surface area contributed by atoms with Crippen LogP contribution in [0.15, 0.2) is 12.3 Å². The molecule has 0 aromatic carbocycles. The lowest BCUT2D eigenvalue weighted by Crippen LogP contribution is -2.21. The molecule has 0 radical (unpaired) electrons. The maximum absolute atomic E-state index is 12.6. The highest BCUT2D eigenvalue weighted by molar-refractivity contribution is 5.55. The number of aromatic nitrogens is 1. The minimum Gasteiger partial charge on any atom is -0.377 e. The summed E-state index contributed by atoms with van der Waals surface area (Å²) in [4.78, 5) is 5.19. The average Bonchev–Trinajstić information content (AvgIpc) is 2.14. The molecule has 0 atom stereocenters. The molecule has 17 heavy (non-hydrogen) atoms. The van der Waals surface area contributed by atoms with E-state index in [1.54, 1.807) is 19.0 Å². The van der Waals surface area contributed by atoms with Gasteiger partial charge in [-0.15, -0.1) is 0 Å². The summed E-state index contributed by atoms with van der Waals surface area (Å²) < 4.78 is 37.7. The van der Waals surface area contributed by atoms with Crippen LogP contribution in [0.1, 0.15) is 32.0 Å². The topological polar surface area (TPSA) is 16.1 Å². The van der Waals surface area contributed by atoms with Crippen molar-refractivity contribution in [3.05, 3.63) is 23.5 Å². The zero-order chi connectivity index (χ0) is 13.4. The van der Waals surface area contributed by atoms with Crippen LogP contribution in [0.2, 0.25) is 0 Å². The van der Waals surface area contributed by atoms with Crippen molar-refractivity contribution in [2.45, 2.75) is 32.4 Å². The minimum atomic E-state index is -4.40. The van der Waals surface area contributed by atoms with Gasteiger partial charge < -0.3 is 4.90 Å². The normalized spacial score (nSPS) is 12.7. The quantitative estimate of drug-likeness (QED) is 0.754. The van der Waals surface area contributed by atoms with Crippen molar-refractivity contribution in [2.75, 3.05) is 19.0 Å². The maximum atomic E-state index is 12.6. The Kier molecular flexibility index (Phi) is 3.41. The fourth-order valence-corrected chi connectivity index (χ4v) is 1.55. The third kappa shape index (κ3) is 3.11. The van der Waals surface area contributed by atoms with Crippen LogP contribution in [-0.4, -0.2) is 19.1 Å². The second kappa shape index (κ2) is 4.20. The molecule has 96 valence electrons. The molecule has 0 aliphatic rings. The molecule has 0 aliphatic carbocycles. The average molecular weight is 246 g/mol. The molecular formula is C12H17F3N2. The van der Waals surface area contributed by atoms with Gasteiger partial charge in [-0.25, -0.2) is 0 Å². The molecule has 0 amide bonds. The Balaban J connectivity index is 3.38. The maximum Gasteiger partial charge on any atom is 0.433 e. The van der Waals surface area contributed by atoms with E-state index in [2.05, 4.69) is 4.98 Å². The molecule has 0 unspecified atom stereocenters. The molecule has 1 rings (SSSR count). The summed E-state index contributed by atoms with van der Waals surface area (Å²) in [5.41, 5.74) is 0.265. The Labute approximate surface area is 99.5 Å². The molecular weight excluding hydrogens is 229 g/mol. The minimum absolute atomic E-state index is 0.239. The van der Waals surface area contributed by atoms with E-state index in [-0.39, 0.29) is 5.41 Å². The van der Waals surface area contributed by atoms with Gasteiger partial charge in [0.2, 0.25) is 0 Å². The number of hydrogen-bond donors (Lipinski definition) is 0. The zero-order valence-electron chi connectivity index (χ0n) is 10.7. The summed E-state index contributed by atoms with van der Waals surface area (Å²) in [5, 5.41) is 0. The Hall–Kier alpha value is -1.26. The first-order valence-corrected chi connectivity index (χ1v) is 5.28. The van der Waals surface area contributed by atoms with Crippen LogP contribution >= 0.6 is 0 Å². The van der Waals surface area contributed by atoms with Gasteiger partial charge in [-0.3, -0.25) is 4.98 Å². The summed E-state index contributed by atoms with van der Waals surface area (Å²) in [6.45, 7) is 5.85. The SMILES string of the molecule is CN(C)c1cc(C(F)(F)F)ncc1C(C)(C)C. The second-order valence-electron chi connectivity index (χ2n) is 5.23. The van der Waals surface area contributed by atoms with Crippen LogP contribution in [0.4, 0.5) is 18.9 Å². The lowest BCUT2D eigenvalue weighted by atomic mass is 9.86. The van der Waals surface area contributed by atoms with Crippen LogP contribution in [0.3, 0.4) is 0 Å². The Morgan fingerprint density at radius 1 is 1.12 bits per heavy atom. The first-order chi connectivity index (χ1) is 7.53. The number of rotatable bonds is 1. The third-order valence-corrected chi connectivity index (χ3v) is 2.46. The number of hydrogen-bond acceptors (Lipinski definition) is 2. The Morgan fingerprint density at radius 2 is 1.65 bits per heavy atom. The summed E-state index contributed by atoms with van der Waals surface area (Å²) in [6.07, 6.45) is -3.08. The predicted molar refractivity (Wildman–Crippen MR) is 62.3 cm³/mol. The molecule has 0 bridgehead atoms. The van der Waals surface area contributed by atoms with E-state index in [4.69, 9.17) is 0 Å². The zero-order valence-corrected chi connectivity index (χ0v) is 10.7. The van der Waals surface area contributed by atoms with Crippen molar-refractivity contribution in [3.8, 4) is 0 Å². The van der Waals surface area contributed by atoms with E-state index in [0.717, 1.165) is 11.6 Å². The van der Waals surface area contributed by atoms with E-state index in [1.807, 2.05) is 20.8 Å². The van der Waals surface area contributed by atoms with Gasteiger partial charge in [0.25, 0.3) is 0 Å². The Bertz CT molecular complexity index is 403. The van der Waals surface area contributed by atoms with Gasteiger partial charge in [0, 0.05) is 26.0 Å². The van der Waals surface area contributed by atoms with Crippen LogP contribution in [0.5, 0.6) is 0 Å². The molecule has 0 spiro atoms. The van der Waals surface area contributed by atoms with Gasteiger partial charge in [-0.1, -0.05) is 20.8 Å². The number of pyridine rings is 1. The van der Waals surface area contributed by atoms with Crippen molar-refractivity contribution in [3.63, 3.8) is 0 Å². The molecule has 0 saturated heterocycles. The van der Waals surface area contributed by atoms with E-state index in [0.29, 0.717) is 5.69 Å². The first-order valence-electron chi connectivity index (χ1n) is 5.28. The largest absolute Gasteiger partial charge is 0.433 e. The fraction of sp³-hybridized carbons (Fsp3) is 0.583. The second-order valence-corrected chi connectivity index (χ2v) is 5.23. The fourth-order valence-electron chi connectivity index (χ4n) is 1.55. The molecule has 0 N–H and O–H groups in total. The van der Waals surface area contributed by atoms with E-state index < -0.39 is 11.9 Å². The standard InChI is InChI=1S/C12H17F3N2/c1-11(2,3)8-7-16-10(12(13,14)15)6-9(8)17(4)5/h6-7H,1-5H3. The number of nitrogens with zero attached hydrogens (tertiary/aromatic N) is 2. The molecule has 1 heterocycles. The smallest absolute Gasteiger partial charge is 0.377 e. The predicted octanol–water partition coefficient (Wildman–Crippen LogP) is 3.46. The van der Waals surface area contributed by atoms with E-state index >= 15 is 0 Å². The highest BCUT2D eigenvalue weighted by Gasteiger charge is 2.34. The molecule has 1 aromatic heterocycles. The van der Waals surface area contributed by atoms with Crippen molar-refractivity contribution >= 4 is 5.69 Å². The van der Waals surface area contributed by atoms with Gasteiger partial charge >= 0.3 is 6.18 Å². The number of anilines is 1. The summed E-state index contributed by atoms with van der Waals surface area (Å²) in [7, 11) is 3.45. The third-order valence-electron chi connectivity index (χ3n) is 2.46. The first kappa shape index (κ1) is 13.8. The Morgan fingerprint density at radius 3 is 2.00 bits per heavy atom. The van der Waals surface area contributed by atoms with Crippen molar-refractivity contribution < 1.29 is 13.2 Å². The van der Waals surface area contributed by atoms with Gasteiger partial charge in [-0.05, 0) is 17.0 Å². The molecule has 1 aromatic rings. The van der Waals surface area contributed by atoms with Crippen molar-refractivity contribution in [2.24, 2.45) is 0 Å². The monoisotopic (exact) mass is 246 g/mol. The highest BCUT2D eigenvalue weighted by Crippen LogP contribution is 2.35. The van der Waals surface area contributed by atoms with E-state index in [9.17, 15) is 13.2 Å². The molecule has 0 saturated carbocycles. The molecule has 0 aliphatic heterocycles. The van der Waals surface area contributed by atoms with Crippen LogP contribution in [0, 0.1) is 0 Å². The number of halogens is 3. The summed E-state index contributed by atoms with van der Waals surface area (Å²) >= 11 is 0. The van der Waals surface area contributed by atoms with Crippen molar-refractivity contribution in [1.29, 1.82) is 0 Å². The lowest BCUT2D eigenvalue weighted by molar-refractivity contribution is -0.141. The van der Waals surface area contributed by atoms with Crippen LogP contribution < -0.4 is 4.90 Å².